The summed E-state index contributed by atoms with van der Waals surface area (Å²) in [6, 6.07) is 0. The van der Waals surface area contributed by atoms with Gasteiger partial charge in [0.05, 0.1) is 5.60 Å². The molecular weight excluding hydrogens is 328 g/mol. The number of rotatable bonds is 1. The lowest BCUT2D eigenvalue weighted by atomic mass is 9.52. The van der Waals surface area contributed by atoms with Gasteiger partial charge in [0.15, 0.2) is 0 Å². The van der Waals surface area contributed by atoms with Gasteiger partial charge in [-0.05, 0) is 62.7 Å². The van der Waals surface area contributed by atoms with E-state index >= 15 is 0 Å². The van der Waals surface area contributed by atoms with Crippen LogP contribution in [-0.2, 0) is 9.59 Å². The van der Waals surface area contributed by atoms with Crippen LogP contribution in [-0.4, -0.2) is 27.6 Å². The molecule has 0 radical (unpaired) electrons. The molecule has 0 aliphatic heterocycles. The van der Waals surface area contributed by atoms with Gasteiger partial charge >= 0.3 is 0 Å². The van der Waals surface area contributed by atoms with E-state index in [4.69, 9.17) is 9.90 Å². The lowest BCUT2D eigenvalue weighted by Crippen LogP contribution is -2.50. The van der Waals surface area contributed by atoms with Crippen LogP contribution in [0.15, 0.2) is 23.8 Å². The van der Waals surface area contributed by atoms with E-state index in [9.17, 15) is 9.90 Å². The Morgan fingerprint density at radius 3 is 2.54 bits per heavy atom. The van der Waals surface area contributed by atoms with Crippen molar-refractivity contribution < 1.29 is 19.8 Å². The van der Waals surface area contributed by atoms with Gasteiger partial charge in [-0.2, -0.15) is 0 Å². The van der Waals surface area contributed by atoms with Crippen molar-refractivity contribution in [3.8, 4) is 0 Å². The van der Waals surface area contributed by atoms with Gasteiger partial charge in [0.1, 0.15) is 5.78 Å². The molecule has 144 valence electrons. The molecule has 26 heavy (non-hydrogen) atoms. The number of carbonyl (C=O) groups excluding carboxylic acids is 1. The third-order valence-electron chi connectivity index (χ3n) is 7.75. The second-order valence-electron chi connectivity index (χ2n) is 8.90. The monoisotopic (exact) mass is 360 g/mol. The van der Waals surface area contributed by atoms with E-state index in [0.717, 1.165) is 57.8 Å². The van der Waals surface area contributed by atoms with Crippen LogP contribution < -0.4 is 0 Å². The van der Waals surface area contributed by atoms with Gasteiger partial charge in [0.2, 0.25) is 0 Å². The molecule has 5 atom stereocenters. The number of hydrogen-bond donors (Lipinski definition) is 2. The van der Waals surface area contributed by atoms with Gasteiger partial charge < -0.3 is 10.2 Å². The second kappa shape index (κ2) is 6.95. The highest BCUT2D eigenvalue weighted by Crippen LogP contribution is 2.64. The number of carboxylic acids is 1. The van der Waals surface area contributed by atoms with Crippen molar-refractivity contribution >= 4 is 11.8 Å². The summed E-state index contributed by atoms with van der Waals surface area (Å²) in [7, 11) is 0. The Hall–Kier alpha value is -1.42. The first kappa shape index (κ1) is 19.3. The van der Waals surface area contributed by atoms with Crippen molar-refractivity contribution in [1.82, 2.24) is 0 Å². The number of fused-ring (bicyclic) bond motifs is 4. The molecule has 2 N–H and O–H groups in total. The third kappa shape index (κ3) is 3.06. The molecule has 4 aliphatic carbocycles. The van der Waals surface area contributed by atoms with Crippen LogP contribution in [0, 0.1) is 23.2 Å². The average Bonchev–Trinajstić information content (AvgIpc) is 2.86. The molecule has 4 aliphatic rings. The van der Waals surface area contributed by atoms with Crippen LogP contribution in [0.5, 0.6) is 0 Å². The van der Waals surface area contributed by atoms with Crippen LogP contribution in [0.3, 0.4) is 0 Å². The van der Waals surface area contributed by atoms with E-state index < -0.39 is 11.6 Å². The quantitative estimate of drug-likeness (QED) is 0.685. The zero-order valence-electron chi connectivity index (χ0n) is 16.1. The van der Waals surface area contributed by atoms with Crippen molar-refractivity contribution in [3.05, 3.63) is 23.8 Å². The van der Waals surface area contributed by atoms with Gasteiger partial charge in [0.25, 0.3) is 5.97 Å². The Bertz CT molecular complexity index is 645. The molecule has 0 aromatic heterocycles. The van der Waals surface area contributed by atoms with Crippen molar-refractivity contribution in [3.63, 3.8) is 0 Å². The Morgan fingerprint density at radius 2 is 1.88 bits per heavy atom. The first-order chi connectivity index (χ1) is 12.2. The SMILES string of the molecule is C=C[C@]1(O)CC[C@H]2[C@@H]3CCC4=C(CCC(=O)C4)[C@H]3CC[C@@]21C.CC(=O)O. The van der Waals surface area contributed by atoms with Crippen molar-refractivity contribution in [2.45, 2.75) is 77.2 Å². The fraction of sp³-hybridized carbons (Fsp3) is 0.727. The van der Waals surface area contributed by atoms with E-state index in [1.54, 1.807) is 5.57 Å². The Labute approximate surface area is 156 Å². The van der Waals surface area contributed by atoms with Crippen molar-refractivity contribution in [1.29, 1.82) is 0 Å². The first-order valence-corrected chi connectivity index (χ1v) is 10.00. The topological polar surface area (TPSA) is 74.6 Å². The molecule has 0 aromatic carbocycles. The van der Waals surface area contributed by atoms with Gasteiger partial charge in [-0.3, -0.25) is 9.59 Å². The third-order valence-corrected chi connectivity index (χ3v) is 7.75. The van der Waals surface area contributed by atoms with E-state index in [-0.39, 0.29) is 5.41 Å². The maximum atomic E-state index is 11.8. The molecule has 4 heteroatoms. The van der Waals surface area contributed by atoms with Crippen molar-refractivity contribution in [2.75, 3.05) is 0 Å². The molecule has 4 nitrogen and oxygen atoms in total. The summed E-state index contributed by atoms with van der Waals surface area (Å²) in [6.45, 7) is 7.32. The van der Waals surface area contributed by atoms with Gasteiger partial charge in [-0.1, -0.05) is 24.1 Å². The zero-order chi connectivity index (χ0) is 19.1. The molecule has 2 saturated carbocycles. The Morgan fingerprint density at radius 1 is 1.19 bits per heavy atom. The molecule has 0 saturated heterocycles. The fourth-order valence-corrected chi connectivity index (χ4v) is 6.44. The summed E-state index contributed by atoms with van der Waals surface area (Å²) in [6.07, 6.45) is 11.0. The number of allylic oxidation sites excluding steroid dienone is 2. The molecule has 0 amide bonds. The van der Waals surface area contributed by atoms with Crippen LogP contribution in [0.25, 0.3) is 0 Å². The molecular formula is C22H32O4. The van der Waals surface area contributed by atoms with Crippen LogP contribution >= 0.6 is 0 Å². The van der Waals surface area contributed by atoms with Crippen molar-refractivity contribution in [2.24, 2.45) is 23.2 Å². The highest BCUT2D eigenvalue weighted by molar-refractivity contribution is 5.82. The van der Waals surface area contributed by atoms with Gasteiger partial charge in [-0.25, -0.2) is 0 Å². The summed E-state index contributed by atoms with van der Waals surface area (Å²) < 4.78 is 0. The number of Topliss-reactive ketones (excluding diaryl/α,β-unsaturated/α-hetero) is 1. The van der Waals surface area contributed by atoms with Crippen LogP contribution in [0.4, 0.5) is 0 Å². The number of aliphatic hydroxyl groups is 1. The average molecular weight is 360 g/mol. The number of carboxylic acid groups (broad SMARTS) is 1. The standard InChI is InChI=1S/C20H28O2.C2H4O2/c1-3-20(22)11-9-18-17-6-4-13-12-14(21)5-7-15(13)16(17)8-10-19(18,20)2;1-2(3)4/h3,16-18,22H,1,4-12H2,2H3;1H3,(H,3,4)/t16-,17-,18+,19+,20+;/m1./s1. The fourth-order valence-electron chi connectivity index (χ4n) is 6.44. The highest BCUT2D eigenvalue weighted by Gasteiger charge is 2.60. The summed E-state index contributed by atoms with van der Waals surface area (Å²) >= 11 is 0. The highest BCUT2D eigenvalue weighted by atomic mass is 16.4. The van der Waals surface area contributed by atoms with E-state index in [0.29, 0.717) is 17.6 Å². The number of aliphatic carboxylic acids is 1. The first-order valence-electron chi connectivity index (χ1n) is 10.00. The smallest absolute Gasteiger partial charge is 0.300 e. The minimum atomic E-state index is -0.833. The number of hydrogen-bond acceptors (Lipinski definition) is 3. The largest absolute Gasteiger partial charge is 0.481 e. The minimum Gasteiger partial charge on any atom is -0.481 e. The lowest BCUT2D eigenvalue weighted by molar-refractivity contribution is -0.134. The van der Waals surface area contributed by atoms with E-state index in [1.807, 2.05) is 6.08 Å². The molecule has 0 bridgehead atoms. The maximum absolute atomic E-state index is 11.8. The van der Waals surface area contributed by atoms with Crippen LogP contribution in [0.1, 0.15) is 71.6 Å². The van der Waals surface area contributed by atoms with Gasteiger partial charge in [-0.15, -0.1) is 6.58 Å². The molecule has 4 rings (SSSR count). The molecule has 0 spiro atoms. The van der Waals surface area contributed by atoms with Crippen LogP contribution in [0.2, 0.25) is 0 Å². The normalized spacial score (nSPS) is 41.3. The Kier molecular flexibility index (Phi) is 5.17. The predicted molar refractivity (Wildman–Crippen MR) is 101 cm³/mol. The van der Waals surface area contributed by atoms with Gasteiger partial charge in [0, 0.05) is 25.2 Å². The summed E-state index contributed by atoms with van der Waals surface area (Å²) in [4.78, 5) is 20.8. The number of ketones is 1. The molecule has 0 aromatic rings. The molecule has 0 unspecified atom stereocenters. The summed E-state index contributed by atoms with van der Waals surface area (Å²) in [5, 5.41) is 18.5. The van der Waals surface area contributed by atoms with E-state index in [1.165, 1.54) is 18.4 Å². The van der Waals surface area contributed by atoms with E-state index in [2.05, 4.69) is 13.5 Å². The minimum absolute atomic E-state index is 0.0124. The summed E-state index contributed by atoms with van der Waals surface area (Å²) in [5.41, 5.74) is 2.48. The summed E-state index contributed by atoms with van der Waals surface area (Å²) in [5.74, 6) is 1.66. The molecule has 2 fully saturated rings. The number of carbonyl (C=O) groups is 2. The second-order valence-corrected chi connectivity index (χ2v) is 8.90. The predicted octanol–water partition coefficient (Wildman–Crippen LogP) is 4.28. The lowest BCUT2D eigenvalue weighted by Gasteiger charge is -2.53. The molecule has 0 heterocycles. The zero-order valence-corrected chi connectivity index (χ0v) is 16.1. The maximum Gasteiger partial charge on any atom is 0.300 e. The Balaban J connectivity index is 0.000000447.